The van der Waals surface area contributed by atoms with Crippen molar-refractivity contribution in [2.45, 2.75) is 37.8 Å². The van der Waals surface area contributed by atoms with Crippen molar-refractivity contribution >= 4 is 9.84 Å². The molecule has 0 saturated carbocycles. The highest BCUT2D eigenvalue weighted by Gasteiger charge is 2.34. The lowest BCUT2D eigenvalue weighted by atomic mass is 10.1. The SMILES string of the molecule is NC1CCCn2c1nnc2C1CCS(=O)(=O)C1. The maximum atomic E-state index is 11.5. The van der Waals surface area contributed by atoms with Gasteiger partial charge in [0.15, 0.2) is 9.84 Å². The Morgan fingerprint density at radius 2 is 2.00 bits per heavy atom. The van der Waals surface area contributed by atoms with Gasteiger partial charge in [-0.25, -0.2) is 8.42 Å². The molecule has 2 N–H and O–H groups in total. The average Bonchev–Trinajstić information content (AvgIpc) is 2.82. The Morgan fingerprint density at radius 1 is 1.24 bits per heavy atom. The van der Waals surface area contributed by atoms with Crippen molar-refractivity contribution in [3.63, 3.8) is 0 Å². The van der Waals surface area contributed by atoms with Crippen LogP contribution in [0.25, 0.3) is 0 Å². The molecule has 0 aliphatic carbocycles. The van der Waals surface area contributed by atoms with Crippen LogP contribution >= 0.6 is 0 Å². The molecule has 94 valence electrons. The van der Waals surface area contributed by atoms with Crippen LogP contribution in [0, 0.1) is 0 Å². The van der Waals surface area contributed by atoms with Gasteiger partial charge in [-0.15, -0.1) is 10.2 Å². The van der Waals surface area contributed by atoms with Gasteiger partial charge in [0.25, 0.3) is 0 Å². The molecule has 2 unspecified atom stereocenters. The summed E-state index contributed by atoms with van der Waals surface area (Å²) in [6.07, 6.45) is 2.61. The van der Waals surface area contributed by atoms with Crippen molar-refractivity contribution in [2.75, 3.05) is 11.5 Å². The van der Waals surface area contributed by atoms with E-state index in [4.69, 9.17) is 5.73 Å². The number of fused-ring (bicyclic) bond motifs is 1. The minimum Gasteiger partial charge on any atom is -0.321 e. The molecule has 2 aliphatic rings. The first-order valence-electron chi connectivity index (χ1n) is 5.96. The normalized spacial score (nSPS) is 31.4. The van der Waals surface area contributed by atoms with Crippen molar-refractivity contribution in [1.29, 1.82) is 0 Å². The zero-order chi connectivity index (χ0) is 12.0. The lowest BCUT2D eigenvalue weighted by Crippen LogP contribution is -2.24. The van der Waals surface area contributed by atoms with Crippen LogP contribution < -0.4 is 5.73 Å². The Bertz CT molecular complexity index is 537. The third kappa shape index (κ3) is 1.87. The minimum atomic E-state index is -2.87. The van der Waals surface area contributed by atoms with Gasteiger partial charge >= 0.3 is 0 Å². The summed E-state index contributed by atoms with van der Waals surface area (Å²) in [5.74, 6) is 2.12. The van der Waals surface area contributed by atoms with Gasteiger partial charge in [-0.3, -0.25) is 0 Å². The summed E-state index contributed by atoms with van der Waals surface area (Å²) in [5.41, 5.74) is 5.97. The van der Waals surface area contributed by atoms with E-state index >= 15 is 0 Å². The fraction of sp³-hybridized carbons (Fsp3) is 0.800. The maximum Gasteiger partial charge on any atom is 0.151 e. The first-order valence-corrected chi connectivity index (χ1v) is 7.78. The van der Waals surface area contributed by atoms with E-state index in [2.05, 4.69) is 10.2 Å². The fourth-order valence-electron chi connectivity index (χ4n) is 2.73. The van der Waals surface area contributed by atoms with E-state index in [-0.39, 0.29) is 23.5 Å². The summed E-state index contributed by atoms with van der Waals surface area (Å²) in [6, 6.07) is -0.0528. The molecule has 2 atom stereocenters. The van der Waals surface area contributed by atoms with E-state index in [1.807, 2.05) is 4.57 Å². The van der Waals surface area contributed by atoms with Crippen LogP contribution in [0.15, 0.2) is 0 Å². The molecule has 17 heavy (non-hydrogen) atoms. The number of hydrogen-bond acceptors (Lipinski definition) is 5. The van der Waals surface area contributed by atoms with E-state index in [9.17, 15) is 8.42 Å². The molecular weight excluding hydrogens is 240 g/mol. The summed E-state index contributed by atoms with van der Waals surface area (Å²) in [7, 11) is -2.87. The van der Waals surface area contributed by atoms with Crippen LogP contribution in [0.1, 0.15) is 42.9 Å². The second kappa shape index (κ2) is 3.78. The molecule has 0 aromatic carbocycles. The molecule has 3 heterocycles. The van der Waals surface area contributed by atoms with E-state index in [0.717, 1.165) is 31.0 Å². The number of hydrogen-bond donors (Lipinski definition) is 1. The summed E-state index contributed by atoms with van der Waals surface area (Å²) >= 11 is 0. The van der Waals surface area contributed by atoms with Gasteiger partial charge < -0.3 is 10.3 Å². The van der Waals surface area contributed by atoms with Crippen molar-refractivity contribution in [3.05, 3.63) is 11.6 Å². The quantitative estimate of drug-likeness (QED) is 0.762. The molecule has 3 rings (SSSR count). The number of rotatable bonds is 1. The van der Waals surface area contributed by atoms with Crippen molar-refractivity contribution < 1.29 is 8.42 Å². The largest absolute Gasteiger partial charge is 0.321 e. The number of nitrogens with zero attached hydrogens (tertiary/aromatic N) is 3. The molecule has 2 aliphatic heterocycles. The third-order valence-electron chi connectivity index (χ3n) is 3.63. The third-order valence-corrected chi connectivity index (χ3v) is 5.40. The van der Waals surface area contributed by atoms with Crippen molar-refractivity contribution in [2.24, 2.45) is 5.73 Å². The highest BCUT2D eigenvalue weighted by molar-refractivity contribution is 7.91. The molecule has 7 heteroatoms. The maximum absolute atomic E-state index is 11.5. The predicted molar refractivity (Wildman–Crippen MR) is 62.2 cm³/mol. The van der Waals surface area contributed by atoms with E-state index in [0.29, 0.717) is 6.42 Å². The first-order chi connectivity index (χ1) is 8.07. The summed E-state index contributed by atoms with van der Waals surface area (Å²) < 4.78 is 25.0. The van der Waals surface area contributed by atoms with Crippen LogP contribution in [0.2, 0.25) is 0 Å². The smallest absolute Gasteiger partial charge is 0.151 e. The van der Waals surface area contributed by atoms with E-state index in [1.54, 1.807) is 0 Å². The number of sulfone groups is 1. The summed E-state index contributed by atoms with van der Waals surface area (Å²) in [4.78, 5) is 0. The molecule has 1 fully saturated rings. The Hall–Kier alpha value is -0.950. The number of nitrogens with two attached hydrogens (primary N) is 1. The second-order valence-corrected chi connectivity index (χ2v) is 7.15. The highest BCUT2D eigenvalue weighted by atomic mass is 32.2. The molecule has 1 saturated heterocycles. The van der Waals surface area contributed by atoms with Crippen LogP contribution in [0.3, 0.4) is 0 Å². The van der Waals surface area contributed by atoms with Crippen LogP contribution in [-0.4, -0.2) is 34.7 Å². The van der Waals surface area contributed by atoms with Crippen LogP contribution in [-0.2, 0) is 16.4 Å². The topological polar surface area (TPSA) is 90.9 Å². The Labute approximate surface area is 100 Å². The van der Waals surface area contributed by atoms with Gasteiger partial charge in [-0.05, 0) is 19.3 Å². The van der Waals surface area contributed by atoms with Crippen LogP contribution in [0.5, 0.6) is 0 Å². The second-order valence-electron chi connectivity index (χ2n) is 4.92. The molecule has 0 bridgehead atoms. The van der Waals surface area contributed by atoms with Gasteiger partial charge in [0.2, 0.25) is 0 Å². The van der Waals surface area contributed by atoms with Crippen LogP contribution in [0.4, 0.5) is 0 Å². The molecule has 6 nitrogen and oxygen atoms in total. The lowest BCUT2D eigenvalue weighted by molar-refractivity contribution is 0.436. The first kappa shape index (κ1) is 11.2. The van der Waals surface area contributed by atoms with Crippen molar-refractivity contribution in [1.82, 2.24) is 14.8 Å². The Morgan fingerprint density at radius 3 is 2.71 bits per heavy atom. The van der Waals surface area contributed by atoms with E-state index in [1.165, 1.54) is 0 Å². The molecular formula is C10H16N4O2S. The molecule has 1 aromatic rings. The van der Waals surface area contributed by atoms with Gasteiger partial charge in [0, 0.05) is 12.5 Å². The zero-order valence-electron chi connectivity index (χ0n) is 9.54. The summed E-state index contributed by atoms with van der Waals surface area (Å²) in [5, 5.41) is 8.29. The van der Waals surface area contributed by atoms with E-state index < -0.39 is 9.84 Å². The number of aromatic nitrogens is 3. The molecule has 1 aromatic heterocycles. The molecule has 0 spiro atoms. The molecule has 0 radical (unpaired) electrons. The van der Waals surface area contributed by atoms with Gasteiger partial charge in [0.1, 0.15) is 11.6 Å². The van der Waals surface area contributed by atoms with Gasteiger partial charge in [-0.1, -0.05) is 0 Å². The fourth-order valence-corrected chi connectivity index (χ4v) is 4.47. The average molecular weight is 256 g/mol. The monoisotopic (exact) mass is 256 g/mol. The summed E-state index contributed by atoms with van der Waals surface area (Å²) in [6.45, 7) is 0.863. The standard InChI is InChI=1S/C10H16N4O2S/c11-8-2-1-4-14-9(12-13-10(8)14)7-3-5-17(15,16)6-7/h7-8H,1-6,11H2. The van der Waals surface area contributed by atoms with Gasteiger partial charge in [0.05, 0.1) is 17.5 Å². The minimum absolute atomic E-state index is 0.00606. The highest BCUT2D eigenvalue weighted by Crippen LogP contribution is 2.31. The molecule has 0 amide bonds. The van der Waals surface area contributed by atoms with Gasteiger partial charge in [-0.2, -0.15) is 0 Å². The Kier molecular flexibility index (Phi) is 2.48. The predicted octanol–water partition coefficient (Wildman–Crippen LogP) is -0.0262. The zero-order valence-corrected chi connectivity index (χ0v) is 10.4. The lowest BCUT2D eigenvalue weighted by Gasteiger charge is -2.21. The Balaban J connectivity index is 1.95. The van der Waals surface area contributed by atoms with Crippen molar-refractivity contribution in [3.8, 4) is 0 Å².